The molecule has 3 N–H and O–H groups in total. The molecular formula is C19H19F2N3O3. The number of amides is 3. The summed E-state index contributed by atoms with van der Waals surface area (Å²) in [5, 5.41) is 7.27. The first-order valence-corrected chi connectivity index (χ1v) is 8.14. The third-order valence-electron chi connectivity index (χ3n) is 3.78. The average Bonchev–Trinajstić information content (AvgIpc) is 2.61. The molecule has 0 saturated heterocycles. The summed E-state index contributed by atoms with van der Waals surface area (Å²) in [5.41, 5.74) is 2.08. The second-order valence-corrected chi connectivity index (χ2v) is 5.90. The number of halogens is 2. The Morgan fingerprint density at radius 1 is 0.889 bits per heavy atom. The SMILES string of the molecule is Cc1cccc(C)c1NC(=O)CNC(=O)CNC(=O)c1ccc(F)cc1F. The van der Waals surface area contributed by atoms with E-state index in [-0.39, 0.29) is 12.1 Å². The number of benzene rings is 2. The van der Waals surface area contributed by atoms with Crippen molar-refractivity contribution in [3.05, 3.63) is 64.7 Å². The molecule has 0 heterocycles. The Kier molecular flexibility index (Phi) is 6.59. The molecule has 0 radical (unpaired) electrons. The zero-order valence-electron chi connectivity index (χ0n) is 14.9. The second-order valence-electron chi connectivity index (χ2n) is 5.90. The monoisotopic (exact) mass is 375 g/mol. The molecule has 142 valence electrons. The van der Waals surface area contributed by atoms with Gasteiger partial charge in [0.15, 0.2) is 0 Å². The molecule has 0 aliphatic heterocycles. The molecule has 0 saturated carbocycles. The van der Waals surface area contributed by atoms with E-state index >= 15 is 0 Å². The molecule has 0 aromatic heterocycles. The Morgan fingerprint density at radius 2 is 1.52 bits per heavy atom. The minimum Gasteiger partial charge on any atom is -0.345 e. The molecule has 2 aromatic rings. The number of nitrogens with one attached hydrogen (secondary N) is 3. The van der Waals surface area contributed by atoms with Gasteiger partial charge in [-0.05, 0) is 37.1 Å². The number of rotatable bonds is 6. The fourth-order valence-corrected chi connectivity index (χ4v) is 2.37. The van der Waals surface area contributed by atoms with E-state index in [4.69, 9.17) is 0 Å². The molecule has 27 heavy (non-hydrogen) atoms. The lowest BCUT2D eigenvalue weighted by Gasteiger charge is -2.12. The Hall–Kier alpha value is -3.29. The van der Waals surface area contributed by atoms with Crippen LogP contribution in [0.15, 0.2) is 36.4 Å². The van der Waals surface area contributed by atoms with Crippen LogP contribution in [0.4, 0.5) is 14.5 Å². The van der Waals surface area contributed by atoms with Crippen molar-refractivity contribution in [1.29, 1.82) is 0 Å². The highest BCUT2D eigenvalue weighted by Gasteiger charge is 2.14. The van der Waals surface area contributed by atoms with Crippen LogP contribution in [0, 0.1) is 25.5 Å². The van der Waals surface area contributed by atoms with Gasteiger partial charge in [-0.25, -0.2) is 8.78 Å². The smallest absolute Gasteiger partial charge is 0.254 e. The third-order valence-corrected chi connectivity index (χ3v) is 3.78. The molecule has 2 rings (SSSR count). The van der Waals surface area contributed by atoms with Crippen molar-refractivity contribution in [3.8, 4) is 0 Å². The van der Waals surface area contributed by atoms with E-state index in [1.807, 2.05) is 32.0 Å². The van der Waals surface area contributed by atoms with Gasteiger partial charge < -0.3 is 16.0 Å². The molecule has 8 heteroatoms. The summed E-state index contributed by atoms with van der Waals surface area (Å²) in [6, 6.07) is 8.07. The van der Waals surface area contributed by atoms with E-state index in [0.717, 1.165) is 23.3 Å². The normalized spacial score (nSPS) is 10.2. The molecule has 0 fully saturated rings. The van der Waals surface area contributed by atoms with Gasteiger partial charge in [0.25, 0.3) is 5.91 Å². The molecule has 0 aliphatic rings. The first kappa shape index (κ1) is 20.0. The van der Waals surface area contributed by atoms with Gasteiger partial charge in [-0.2, -0.15) is 0 Å². The summed E-state index contributed by atoms with van der Waals surface area (Å²) in [6.07, 6.45) is 0. The molecule has 0 unspecified atom stereocenters. The quantitative estimate of drug-likeness (QED) is 0.722. The summed E-state index contributed by atoms with van der Waals surface area (Å²) in [7, 11) is 0. The van der Waals surface area contributed by atoms with Gasteiger partial charge >= 0.3 is 0 Å². The lowest BCUT2D eigenvalue weighted by atomic mass is 10.1. The molecule has 0 atom stereocenters. The van der Waals surface area contributed by atoms with Gasteiger partial charge in [-0.15, -0.1) is 0 Å². The van der Waals surface area contributed by atoms with Crippen LogP contribution in [0.1, 0.15) is 21.5 Å². The fraction of sp³-hybridized carbons (Fsp3) is 0.211. The Morgan fingerprint density at radius 3 is 2.15 bits per heavy atom. The molecule has 3 amide bonds. The predicted octanol–water partition coefficient (Wildman–Crippen LogP) is 2.07. The van der Waals surface area contributed by atoms with Crippen molar-refractivity contribution in [2.24, 2.45) is 0 Å². The lowest BCUT2D eigenvalue weighted by molar-refractivity contribution is -0.123. The number of hydrogen-bond acceptors (Lipinski definition) is 3. The second kappa shape index (κ2) is 8.88. The van der Waals surface area contributed by atoms with Crippen molar-refractivity contribution in [3.63, 3.8) is 0 Å². The van der Waals surface area contributed by atoms with Crippen LogP contribution in [0.3, 0.4) is 0 Å². The molecular weight excluding hydrogens is 356 g/mol. The van der Waals surface area contributed by atoms with Crippen molar-refractivity contribution >= 4 is 23.4 Å². The Bertz CT molecular complexity index is 864. The molecule has 0 bridgehead atoms. The highest BCUT2D eigenvalue weighted by molar-refractivity contribution is 5.98. The third kappa shape index (κ3) is 5.60. The fourth-order valence-electron chi connectivity index (χ4n) is 2.37. The average molecular weight is 375 g/mol. The number of hydrogen-bond donors (Lipinski definition) is 3. The summed E-state index contributed by atoms with van der Waals surface area (Å²) in [6.45, 7) is 2.97. The maximum atomic E-state index is 13.5. The van der Waals surface area contributed by atoms with Crippen molar-refractivity contribution in [1.82, 2.24) is 10.6 Å². The largest absolute Gasteiger partial charge is 0.345 e. The predicted molar refractivity (Wildman–Crippen MR) is 96.2 cm³/mol. The van der Waals surface area contributed by atoms with Crippen LogP contribution in [0.5, 0.6) is 0 Å². The first-order chi connectivity index (χ1) is 12.8. The van der Waals surface area contributed by atoms with E-state index in [0.29, 0.717) is 11.8 Å². The van der Waals surface area contributed by atoms with Crippen LogP contribution < -0.4 is 16.0 Å². The van der Waals surface area contributed by atoms with Gasteiger partial charge in [0, 0.05) is 11.8 Å². The van der Waals surface area contributed by atoms with Crippen LogP contribution in [0.25, 0.3) is 0 Å². The lowest BCUT2D eigenvalue weighted by Crippen LogP contribution is -2.40. The van der Waals surface area contributed by atoms with Gasteiger partial charge in [-0.1, -0.05) is 18.2 Å². The maximum absolute atomic E-state index is 13.5. The summed E-state index contributed by atoms with van der Waals surface area (Å²) in [5.74, 6) is -3.74. The van der Waals surface area contributed by atoms with Gasteiger partial charge in [0.1, 0.15) is 11.6 Å². The van der Waals surface area contributed by atoms with Crippen LogP contribution >= 0.6 is 0 Å². The van der Waals surface area contributed by atoms with E-state index < -0.39 is 35.9 Å². The van der Waals surface area contributed by atoms with Crippen molar-refractivity contribution in [2.75, 3.05) is 18.4 Å². The standard InChI is InChI=1S/C19H19F2N3O3/c1-11-4-3-5-12(2)18(11)24-17(26)10-22-16(25)9-23-19(27)14-7-6-13(20)8-15(14)21/h3-8H,9-10H2,1-2H3,(H,22,25)(H,23,27)(H,24,26). The minimum absolute atomic E-state index is 0.284. The maximum Gasteiger partial charge on any atom is 0.254 e. The number of carbonyl (C=O) groups is 3. The number of anilines is 1. The van der Waals surface area contributed by atoms with Crippen LogP contribution in [-0.4, -0.2) is 30.8 Å². The highest BCUT2D eigenvalue weighted by atomic mass is 19.1. The molecule has 2 aromatic carbocycles. The van der Waals surface area contributed by atoms with Crippen molar-refractivity contribution in [2.45, 2.75) is 13.8 Å². The number of carbonyl (C=O) groups excluding carboxylic acids is 3. The van der Waals surface area contributed by atoms with Crippen LogP contribution in [0.2, 0.25) is 0 Å². The topological polar surface area (TPSA) is 87.3 Å². The zero-order valence-corrected chi connectivity index (χ0v) is 14.9. The number of para-hydroxylation sites is 1. The molecule has 6 nitrogen and oxygen atoms in total. The van der Waals surface area contributed by atoms with E-state index in [1.54, 1.807) is 0 Å². The summed E-state index contributed by atoms with van der Waals surface area (Å²) < 4.78 is 26.3. The van der Waals surface area contributed by atoms with Crippen molar-refractivity contribution < 1.29 is 23.2 Å². The van der Waals surface area contributed by atoms with E-state index in [1.165, 1.54) is 0 Å². The summed E-state index contributed by atoms with van der Waals surface area (Å²) >= 11 is 0. The summed E-state index contributed by atoms with van der Waals surface area (Å²) in [4.78, 5) is 35.5. The molecule has 0 spiro atoms. The van der Waals surface area contributed by atoms with Crippen LogP contribution in [-0.2, 0) is 9.59 Å². The van der Waals surface area contributed by atoms with E-state index in [9.17, 15) is 23.2 Å². The molecule has 0 aliphatic carbocycles. The highest BCUT2D eigenvalue weighted by Crippen LogP contribution is 2.18. The van der Waals surface area contributed by atoms with E-state index in [2.05, 4.69) is 16.0 Å². The van der Waals surface area contributed by atoms with Gasteiger partial charge in [0.2, 0.25) is 11.8 Å². The first-order valence-electron chi connectivity index (χ1n) is 8.14. The Labute approximate surface area is 155 Å². The van der Waals surface area contributed by atoms with Gasteiger partial charge in [-0.3, -0.25) is 14.4 Å². The minimum atomic E-state index is -1.03. The zero-order chi connectivity index (χ0) is 20.0. The number of aryl methyl sites for hydroxylation is 2. The van der Waals surface area contributed by atoms with Gasteiger partial charge in [0.05, 0.1) is 18.7 Å². The Balaban J connectivity index is 1.80.